The van der Waals surface area contributed by atoms with Crippen LogP contribution in [0.3, 0.4) is 0 Å². The Labute approximate surface area is 114 Å². The number of hydrogen-bond acceptors (Lipinski definition) is 1. The fraction of sp³-hybridized carbons (Fsp3) is 0.625. The Hall–Kier alpha value is -0.603. The molecule has 0 saturated heterocycles. The van der Waals surface area contributed by atoms with Gasteiger partial charge in [-0.25, -0.2) is 0 Å². The van der Waals surface area contributed by atoms with Crippen molar-refractivity contribution in [2.45, 2.75) is 65.3 Å². The lowest BCUT2D eigenvalue weighted by Gasteiger charge is -2.33. The van der Waals surface area contributed by atoms with Crippen molar-refractivity contribution >= 4 is 8.32 Å². The summed E-state index contributed by atoms with van der Waals surface area (Å²) in [5.41, 5.74) is 2.66. The molecule has 0 fully saturated rings. The van der Waals surface area contributed by atoms with E-state index in [9.17, 15) is 0 Å². The number of benzene rings is 1. The largest absolute Gasteiger partial charge is 0.410 e. The van der Waals surface area contributed by atoms with E-state index in [0.717, 1.165) is 6.42 Å². The molecular weight excluding hydrogens is 236 g/mol. The molecule has 0 aliphatic carbocycles. The summed E-state index contributed by atoms with van der Waals surface area (Å²) in [6.45, 7) is 11.2. The number of rotatable bonds is 7. The quantitative estimate of drug-likeness (QED) is 0.593. The van der Waals surface area contributed by atoms with E-state index in [4.69, 9.17) is 4.43 Å². The van der Waals surface area contributed by atoms with Crippen LogP contribution in [0, 0.1) is 6.92 Å². The van der Waals surface area contributed by atoms with Gasteiger partial charge in [-0.05, 0) is 37.0 Å². The first-order valence-corrected chi connectivity index (χ1v) is 9.88. The predicted molar refractivity (Wildman–Crippen MR) is 82.5 cm³/mol. The molecular formula is C16H28OSi. The minimum Gasteiger partial charge on any atom is -0.410 e. The zero-order valence-electron chi connectivity index (χ0n) is 12.6. The third-order valence-electron chi connectivity index (χ3n) is 4.15. The molecule has 0 spiro atoms. The molecule has 0 bridgehead atoms. The summed E-state index contributed by atoms with van der Waals surface area (Å²) in [6, 6.07) is 12.5. The molecule has 1 unspecified atom stereocenters. The molecule has 18 heavy (non-hydrogen) atoms. The van der Waals surface area contributed by atoms with Crippen LogP contribution in [0.15, 0.2) is 24.3 Å². The van der Waals surface area contributed by atoms with Gasteiger partial charge in [0, 0.05) is 0 Å². The molecule has 1 nitrogen and oxygen atoms in total. The van der Waals surface area contributed by atoms with Gasteiger partial charge in [0.25, 0.3) is 0 Å². The number of hydrogen-bond donors (Lipinski definition) is 0. The average molecular weight is 264 g/mol. The molecule has 0 N–H and O–H groups in total. The Bertz CT molecular complexity index is 332. The van der Waals surface area contributed by atoms with Crippen molar-refractivity contribution < 1.29 is 4.43 Å². The van der Waals surface area contributed by atoms with Crippen LogP contribution < -0.4 is 0 Å². The zero-order chi connectivity index (χ0) is 13.6. The van der Waals surface area contributed by atoms with Crippen LogP contribution in [0.2, 0.25) is 18.1 Å². The molecule has 0 saturated carbocycles. The van der Waals surface area contributed by atoms with Gasteiger partial charge in [0.1, 0.15) is 0 Å². The van der Waals surface area contributed by atoms with Crippen LogP contribution in [0.25, 0.3) is 0 Å². The van der Waals surface area contributed by atoms with E-state index in [1.54, 1.807) is 0 Å². The first-order valence-electron chi connectivity index (χ1n) is 7.35. The highest BCUT2D eigenvalue weighted by Crippen LogP contribution is 2.31. The first-order chi connectivity index (χ1) is 8.60. The van der Waals surface area contributed by atoms with Crippen molar-refractivity contribution in [1.29, 1.82) is 0 Å². The van der Waals surface area contributed by atoms with Crippen LogP contribution in [0.4, 0.5) is 0 Å². The summed E-state index contributed by atoms with van der Waals surface area (Å²) in [4.78, 5) is 0. The van der Waals surface area contributed by atoms with Gasteiger partial charge in [-0.1, -0.05) is 57.5 Å². The van der Waals surface area contributed by atoms with Gasteiger partial charge in [-0.2, -0.15) is 0 Å². The maximum Gasteiger partial charge on any atom is 0.192 e. The average Bonchev–Trinajstić information content (AvgIpc) is 2.42. The van der Waals surface area contributed by atoms with Crippen LogP contribution in [-0.2, 0) is 4.43 Å². The fourth-order valence-corrected chi connectivity index (χ4v) is 5.38. The van der Waals surface area contributed by atoms with Crippen molar-refractivity contribution in [2.24, 2.45) is 0 Å². The molecule has 102 valence electrons. The van der Waals surface area contributed by atoms with Gasteiger partial charge in [0.05, 0.1) is 6.10 Å². The molecule has 1 atom stereocenters. The Morgan fingerprint density at radius 2 is 1.44 bits per heavy atom. The van der Waals surface area contributed by atoms with Gasteiger partial charge >= 0.3 is 0 Å². The molecule has 1 aromatic rings. The minimum absolute atomic E-state index is 0.289. The molecule has 0 radical (unpaired) electrons. The van der Waals surface area contributed by atoms with Gasteiger partial charge in [0.15, 0.2) is 8.32 Å². The second-order valence-corrected chi connectivity index (χ2v) is 9.89. The van der Waals surface area contributed by atoms with Crippen LogP contribution >= 0.6 is 0 Å². The van der Waals surface area contributed by atoms with E-state index in [1.165, 1.54) is 29.3 Å². The van der Waals surface area contributed by atoms with Crippen molar-refractivity contribution in [3.63, 3.8) is 0 Å². The maximum absolute atomic E-state index is 6.60. The van der Waals surface area contributed by atoms with E-state index in [0.29, 0.717) is 0 Å². The van der Waals surface area contributed by atoms with E-state index >= 15 is 0 Å². The highest BCUT2D eigenvalue weighted by atomic mass is 28.4. The molecule has 0 aromatic heterocycles. The summed E-state index contributed by atoms with van der Waals surface area (Å²) in [5.74, 6) is 0. The lowest BCUT2D eigenvalue weighted by atomic mass is 10.1. The summed E-state index contributed by atoms with van der Waals surface area (Å²) in [6.07, 6.45) is 1.36. The normalized spacial score (nSPS) is 13.6. The molecule has 0 heterocycles. The smallest absolute Gasteiger partial charge is 0.192 e. The molecule has 2 heteroatoms. The van der Waals surface area contributed by atoms with Gasteiger partial charge in [-0.15, -0.1) is 0 Å². The van der Waals surface area contributed by atoms with Crippen molar-refractivity contribution in [1.82, 2.24) is 0 Å². The van der Waals surface area contributed by atoms with Crippen molar-refractivity contribution in [3.05, 3.63) is 35.4 Å². The maximum atomic E-state index is 6.60. The second kappa shape index (κ2) is 7.10. The predicted octanol–water partition coefficient (Wildman–Crippen LogP) is 5.47. The second-order valence-electron chi connectivity index (χ2n) is 5.17. The minimum atomic E-state index is -1.50. The highest BCUT2D eigenvalue weighted by Gasteiger charge is 2.31. The third-order valence-corrected chi connectivity index (χ3v) is 8.80. The standard InChI is InChI=1S/C16H28OSi/c1-6-16(15-12-10-14(5)11-13-15)17-18(7-2,8-3)9-4/h10-13,16H,6-9H2,1-5H3. The topological polar surface area (TPSA) is 9.23 Å². The highest BCUT2D eigenvalue weighted by molar-refractivity contribution is 6.73. The van der Waals surface area contributed by atoms with Crippen LogP contribution in [0.5, 0.6) is 0 Å². The van der Waals surface area contributed by atoms with Crippen LogP contribution in [-0.4, -0.2) is 8.32 Å². The Morgan fingerprint density at radius 1 is 0.944 bits per heavy atom. The Kier molecular flexibility index (Phi) is 6.10. The SMILES string of the molecule is CCC(O[Si](CC)(CC)CC)c1ccc(C)cc1. The zero-order valence-corrected chi connectivity index (χ0v) is 13.6. The molecule has 0 aliphatic heterocycles. The fourth-order valence-electron chi connectivity index (χ4n) is 2.47. The van der Waals surface area contributed by atoms with Gasteiger partial charge in [0.2, 0.25) is 0 Å². The summed E-state index contributed by atoms with van der Waals surface area (Å²) >= 11 is 0. The van der Waals surface area contributed by atoms with Crippen molar-refractivity contribution in [3.8, 4) is 0 Å². The van der Waals surface area contributed by atoms with Gasteiger partial charge < -0.3 is 4.43 Å². The summed E-state index contributed by atoms with van der Waals surface area (Å²) in [5, 5.41) is 0. The Balaban J connectivity index is 2.86. The van der Waals surface area contributed by atoms with E-state index in [1.807, 2.05) is 0 Å². The van der Waals surface area contributed by atoms with E-state index in [-0.39, 0.29) is 6.10 Å². The lowest BCUT2D eigenvalue weighted by Crippen LogP contribution is -2.37. The molecule has 1 aromatic carbocycles. The lowest BCUT2D eigenvalue weighted by molar-refractivity contribution is 0.185. The van der Waals surface area contributed by atoms with Gasteiger partial charge in [-0.3, -0.25) is 0 Å². The Morgan fingerprint density at radius 3 is 1.83 bits per heavy atom. The van der Waals surface area contributed by atoms with Crippen LogP contribution in [0.1, 0.15) is 51.3 Å². The monoisotopic (exact) mass is 264 g/mol. The first kappa shape index (κ1) is 15.5. The van der Waals surface area contributed by atoms with E-state index in [2.05, 4.69) is 58.9 Å². The summed E-state index contributed by atoms with van der Waals surface area (Å²) < 4.78 is 6.60. The number of aryl methyl sites for hydroxylation is 1. The third kappa shape index (κ3) is 3.69. The molecule has 0 amide bonds. The van der Waals surface area contributed by atoms with E-state index < -0.39 is 8.32 Å². The van der Waals surface area contributed by atoms with Crippen molar-refractivity contribution in [2.75, 3.05) is 0 Å². The summed E-state index contributed by atoms with van der Waals surface area (Å²) in [7, 11) is -1.50. The molecule has 0 aliphatic rings. The molecule has 1 rings (SSSR count).